The highest BCUT2D eigenvalue weighted by Crippen LogP contribution is 2.52. The van der Waals surface area contributed by atoms with Crippen LogP contribution in [0.25, 0.3) is 66.1 Å². The van der Waals surface area contributed by atoms with Gasteiger partial charge in [0.2, 0.25) is 0 Å². The molecule has 0 aromatic heterocycles. The van der Waals surface area contributed by atoms with Gasteiger partial charge < -0.3 is 4.90 Å². The highest BCUT2D eigenvalue weighted by molar-refractivity contribution is 6.15. The summed E-state index contributed by atoms with van der Waals surface area (Å²) >= 11 is 0. The van der Waals surface area contributed by atoms with E-state index < -0.39 is 48.3 Å². The Morgan fingerprint density at radius 2 is 1.04 bits per heavy atom. The van der Waals surface area contributed by atoms with Crippen LogP contribution >= 0.6 is 0 Å². The first-order valence-electron chi connectivity index (χ1n) is 22.6. The second-order valence-electron chi connectivity index (χ2n) is 14.2. The van der Waals surface area contributed by atoms with Gasteiger partial charge in [0.1, 0.15) is 0 Å². The Morgan fingerprint density at radius 3 is 1.81 bits per heavy atom. The first kappa shape index (κ1) is 23.8. The van der Waals surface area contributed by atoms with Crippen molar-refractivity contribution in [3.05, 3.63) is 211 Å². The smallest absolute Gasteiger partial charge is 0.0636 e. The Balaban J connectivity index is 1.33. The molecule has 0 atom stereocenters. The maximum atomic E-state index is 9.90. The lowest BCUT2D eigenvalue weighted by molar-refractivity contribution is 0.660. The molecule has 0 N–H and O–H groups in total. The third-order valence-electron chi connectivity index (χ3n) is 10.8. The van der Waals surface area contributed by atoms with Crippen molar-refractivity contribution in [2.75, 3.05) is 4.90 Å². The van der Waals surface area contributed by atoms with Gasteiger partial charge in [-0.1, -0.05) is 177 Å². The summed E-state index contributed by atoms with van der Waals surface area (Å²) in [4.78, 5) is 2.19. The minimum atomic E-state index is -0.546. The molecule has 256 valence electrons. The van der Waals surface area contributed by atoms with Gasteiger partial charge in [0.05, 0.1) is 18.0 Å². The molecule has 9 aromatic carbocycles. The van der Waals surface area contributed by atoms with Crippen LogP contribution in [0.5, 0.6) is 0 Å². The third kappa shape index (κ3) is 5.16. The van der Waals surface area contributed by atoms with E-state index in [1.165, 1.54) is 16.7 Å². The largest absolute Gasteiger partial charge is 0.310 e. The molecular formula is C53H39N. The molecule has 0 aliphatic heterocycles. The quantitative estimate of drug-likeness (QED) is 0.156. The summed E-state index contributed by atoms with van der Waals surface area (Å²) in [6.07, 6.45) is 0. The molecular weight excluding hydrogens is 651 g/mol. The van der Waals surface area contributed by atoms with Crippen molar-refractivity contribution in [3.63, 3.8) is 0 Å². The first-order chi connectivity index (χ1) is 30.3. The monoisotopic (exact) mass is 698 g/mol. The van der Waals surface area contributed by atoms with E-state index >= 15 is 0 Å². The fourth-order valence-electron chi connectivity index (χ4n) is 8.21. The molecule has 9 aromatic rings. The number of benzene rings is 9. The van der Waals surface area contributed by atoms with E-state index in [1.807, 2.05) is 66.7 Å². The second-order valence-corrected chi connectivity index (χ2v) is 14.2. The van der Waals surface area contributed by atoms with Gasteiger partial charge in [-0.15, -0.1) is 0 Å². The van der Waals surface area contributed by atoms with Crippen molar-refractivity contribution in [1.82, 2.24) is 0 Å². The normalized spacial score (nSPS) is 15.1. The summed E-state index contributed by atoms with van der Waals surface area (Å²) in [6.45, 7) is 4.49. The van der Waals surface area contributed by atoms with E-state index in [4.69, 9.17) is 8.22 Å². The topological polar surface area (TPSA) is 3.24 Å². The van der Waals surface area contributed by atoms with Gasteiger partial charge in [-0.3, -0.25) is 0 Å². The highest BCUT2D eigenvalue weighted by atomic mass is 15.1. The lowest BCUT2D eigenvalue weighted by Crippen LogP contribution is -2.17. The summed E-state index contributed by atoms with van der Waals surface area (Å²) in [5.41, 5.74) is 11.1. The van der Waals surface area contributed by atoms with E-state index in [0.717, 1.165) is 39.3 Å². The van der Waals surface area contributed by atoms with Gasteiger partial charge in [0, 0.05) is 22.4 Å². The molecule has 0 spiro atoms. The van der Waals surface area contributed by atoms with E-state index in [9.17, 15) is 4.11 Å². The number of hydrogen-bond donors (Lipinski definition) is 0. The first-order valence-corrected chi connectivity index (χ1v) is 18.1. The molecule has 10 rings (SSSR count). The summed E-state index contributed by atoms with van der Waals surface area (Å²) < 4.78 is 81.3. The predicted molar refractivity (Wildman–Crippen MR) is 230 cm³/mol. The van der Waals surface area contributed by atoms with Crippen LogP contribution in [0, 0.1) is 0 Å². The van der Waals surface area contributed by atoms with Crippen LogP contribution in [-0.4, -0.2) is 0 Å². The zero-order valence-electron chi connectivity index (χ0n) is 38.8. The molecule has 0 saturated heterocycles. The number of nitrogens with zero attached hydrogens (tertiary/aromatic N) is 1. The molecule has 0 radical (unpaired) electrons. The Hall–Kier alpha value is -6.70. The average molecular weight is 699 g/mol. The van der Waals surface area contributed by atoms with Crippen molar-refractivity contribution in [2.24, 2.45) is 0 Å². The second kappa shape index (κ2) is 12.8. The summed E-state index contributed by atoms with van der Waals surface area (Å²) in [5, 5.41) is -0.288. The fraction of sp³-hybridized carbons (Fsp3) is 0.0566. The van der Waals surface area contributed by atoms with Gasteiger partial charge >= 0.3 is 0 Å². The van der Waals surface area contributed by atoms with Crippen molar-refractivity contribution < 1.29 is 12.3 Å². The molecule has 0 fully saturated rings. The fourth-order valence-corrected chi connectivity index (χ4v) is 8.21. The number of fused-ring (bicyclic) bond motifs is 6. The van der Waals surface area contributed by atoms with E-state index in [1.54, 1.807) is 0 Å². The maximum Gasteiger partial charge on any atom is 0.0636 e. The van der Waals surface area contributed by atoms with Gasteiger partial charge in [0.15, 0.2) is 0 Å². The predicted octanol–water partition coefficient (Wildman–Crippen LogP) is 14.8. The zero-order valence-corrected chi connectivity index (χ0v) is 29.8. The molecule has 54 heavy (non-hydrogen) atoms. The minimum absolute atomic E-state index is 0.00803. The van der Waals surface area contributed by atoms with Crippen molar-refractivity contribution >= 4 is 38.6 Å². The Labute approximate surface area is 330 Å². The van der Waals surface area contributed by atoms with E-state index in [2.05, 4.69) is 97.6 Å². The van der Waals surface area contributed by atoms with Crippen LogP contribution in [0.4, 0.5) is 17.1 Å². The van der Waals surface area contributed by atoms with Crippen molar-refractivity contribution in [3.8, 4) is 44.5 Å². The number of rotatable bonds is 6. The molecule has 1 nitrogen and oxygen atoms in total. The van der Waals surface area contributed by atoms with Gasteiger partial charge in [-0.2, -0.15) is 0 Å². The van der Waals surface area contributed by atoms with Crippen molar-refractivity contribution in [2.45, 2.75) is 19.3 Å². The van der Waals surface area contributed by atoms with E-state index in [-0.39, 0.29) is 38.6 Å². The van der Waals surface area contributed by atoms with Crippen LogP contribution in [0.15, 0.2) is 200 Å². The van der Waals surface area contributed by atoms with Crippen LogP contribution in [-0.2, 0) is 5.41 Å². The van der Waals surface area contributed by atoms with Crippen molar-refractivity contribution in [1.29, 1.82) is 0 Å². The molecule has 0 saturated carbocycles. The number of anilines is 3. The van der Waals surface area contributed by atoms with Gasteiger partial charge in [-0.25, -0.2) is 0 Å². The van der Waals surface area contributed by atoms with E-state index in [0.29, 0.717) is 11.1 Å². The summed E-state index contributed by atoms with van der Waals surface area (Å²) in [7, 11) is 0. The Kier molecular flexibility index (Phi) is 5.62. The standard InChI is InChI=1S/C53H39N/c1-53(2)49-26-14-13-24-45(49)46-33-32-41(35-50(46)53)54(40-30-28-37(29-31-40)36-16-5-3-6-17-36)51-27-15-25-47(52(51)38-18-7-4-8-19-38)48-34-39-20-9-10-21-42(39)43-22-11-12-23-44(43)48/h3-35H,1-2H3/i9D,10D,11D,12D,20D,21D,22D,23D,34D. The summed E-state index contributed by atoms with van der Waals surface area (Å²) in [5.74, 6) is 0. The van der Waals surface area contributed by atoms with Gasteiger partial charge in [0.25, 0.3) is 0 Å². The van der Waals surface area contributed by atoms with Crippen LogP contribution in [0.3, 0.4) is 0 Å². The Bertz CT molecular complexity index is 3350. The third-order valence-corrected chi connectivity index (χ3v) is 10.8. The minimum Gasteiger partial charge on any atom is -0.310 e. The highest BCUT2D eigenvalue weighted by Gasteiger charge is 2.36. The zero-order chi connectivity index (χ0) is 44.1. The lowest BCUT2D eigenvalue weighted by Gasteiger charge is -2.31. The van der Waals surface area contributed by atoms with Crippen LogP contribution in [0.2, 0.25) is 0 Å². The van der Waals surface area contributed by atoms with Gasteiger partial charge in [-0.05, 0) is 108 Å². The number of hydrogen-bond acceptors (Lipinski definition) is 1. The Morgan fingerprint density at radius 1 is 0.444 bits per heavy atom. The maximum absolute atomic E-state index is 9.90. The molecule has 0 amide bonds. The molecule has 1 heteroatoms. The molecule has 0 heterocycles. The molecule has 0 bridgehead atoms. The van der Waals surface area contributed by atoms with Crippen LogP contribution in [0.1, 0.15) is 37.3 Å². The molecule has 1 aliphatic carbocycles. The average Bonchev–Trinajstić information content (AvgIpc) is 3.54. The van der Waals surface area contributed by atoms with Crippen LogP contribution < -0.4 is 4.90 Å². The summed E-state index contributed by atoms with van der Waals surface area (Å²) in [6, 6.07) is 44.9. The molecule has 1 aliphatic rings. The SMILES string of the molecule is [2H]c1c([2H])c([2H])c2c(c1[2H])c([2H])c(-c1cccc(N(c3ccc(-c4ccccc4)cc3)c3ccc4c(c3)C(C)(C)c3ccccc3-4)c1-c1ccccc1)c1c([2H])c([2H])c([2H])c([2H])c12. The lowest BCUT2D eigenvalue weighted by atomic mass is 9.82. The molecule has 0 unspecified atom stereocenters.